The highest BCUT2D eigenvalue weighted by Crippen LogP contribution is 2.12. The van der Waals surface area contributed by atoms with E-state index in [1.165, 1.54) is 34.8 Å². The molecule has 0 atom stereocenters. The first-order chi connectivity index (χ1) is 10.4. The van der Waals surface area contributed by atoms with E-state index in [0.29, 0.717) is 45.1 Å². The molecule has 1 aromatic carbocycles. The van der Waals surface area contributed by atoms with Crippen molar-refractivity contribution in [3.63, 3.8) is 0 Å². The van der Waals surface area contributed by atoms with Gasteiger partial charge >= 0.3 is 0 Å². The Labute approximate surface area is 131 Å². The lowest BCUT2D eigenvalue weighted by Crippen LogP contribution is -2.52. The van der Waals surface area contributed by atoms with Gasteiger partial charge in [0.05, 0.1) is 0 Å². The molecule has 124 valence electrons. The van der Waals surface area contributed by atoms with Gasteiger partial charge in [0.2, 0.25) is 0 Å². The monoisotopic (exact) mass is 331 g/mol. The van der Waals surface area contributed by atoms with E-state index in [0.717, 1.165) is 0 Å². The van der Waals surface area contributed by atoms with E-state index in [9.17, 15) is 12.8 Å². The van der Waals surface area contributed by atoms with Gasteiger partial charge in [0.15, 0.2) is 0 Å². The summed E-state index contributed by atoms with van der Waals surface area (Å²) in [6.45, 7) is 3.53. The summed E-state index contributed by atoms with van der Waals surface area (Å²) in [4.78, 5) is 2.16. The molecular weight excluding hydrogens is 309 g/mol. The van der Waals surface area contributed by atoms with Crippen LogP contribution in [-0.4, -0.2) is 75.4 Å². The minimum absolute atomic E-state index is 0.287. The van der Waals surface area contributed by atoms with E-state index in [4.69, 9.17) is 4.74 Å². The summed E-state index contributed by atoms with van der Waals surface area (Å²) >= 11 is 0. The van der Waals surface area contributed by atoms with Crippen molar-refractivity contribution in [1.29, 1.82) is 0 Å². The molecule has 8 heteroatoms. The van der Waals surface area contributed by atoms with E-state index in [1.807, 2.05) is 0 Å². The maximum atomic E-state index is 12.8. The largest absolute Gasteiger partial charge is 0.492 e. The lowest BCUT2D eigenvalue weighted by molar-refractivity contribution is 0.156. The Morgan fingerprint density at radius 2 is 1.73 bits per heavy atom. The summed E-state index contributed by atoms with van der Waals surface area (Å²) in [5.74, 6) is 0.348. The highest BCUT2D eigenvalue weighted by Gasteiger charge is 2.28. The van der Waals surface area contributed by atoms with Crippen LogP contribution in [0.5, 0.6) is 5.75 Å². The number of benzene rings is 1. The maximum absolute atomic E-state index is 12.8. The minimum Gasteiger partial charge on any atom is -0.492 e. The standard InChI is InChI=1S/C14H22FN3O3S/c1-16(2)22(19,20)18-9-7-17(8-10-18)11-12-21-14-5-3-13(15)4-6-14/h3-6H,7-12H2,1-2H3. The molecule has 1 aliphatic rings. The molecule has 0 amide bonds. The molecule has 1 heterocycles. The van der Waals surface area contributed by atoms with Crippen LogP contribution in [0.4, 0.5) is 4.39 Å². The summed E-state index contributed by atoms with van der Waals surface area (Å²) in [5, 5.41) is 0. The van der Waals surface area contributed by atoms with E-state index in [2.05, 4.69) is 4.90 Å². The number of ether oxygens (including phenoxy) is 1. The molecule has 1 saturated heterocycles. The van der Waals surface area contributed by atoms with E-state index < -0.39 is 10.2 Å². The number of hydrogen-bond donors (Lipinski definition) is 0. The molecule has 0 aliphatic carbocycles. The fraction of sp³-hybridized carbons (Fsp3) is 0.571. The molecule has 0 bridgehead atoms. The maximum Gasteiger partial charge on any atom is 0.281 e. The molecule has 0 unspecified atom stereocenters. The molecular formula is C14H22FN3O3S. The minimum atomic E-state index is -3.32. The van der Waals surface area contributed by atoms with Gasteiger partial charge in [0.25, 0.3) is 10.2 Å². The lowest BCUT2D eigenvalue weighted by Gasteiger charge is -2.34. The van der Waals surface area contributed by atoms with Gasteiger partial charge in [-0.3, -0.25) is 4.90 Å². The summed E-state index contributed by atoms with van der Waals surface area (Å²) in [6.07, 6.45) is 0. The van der Waals surface area contributed by atoms with Gasteiger partial charge in [-0.05, 0) is 24.3 Å². The van der Waals surface area contributed by atoms with Crippen molar-refractivity contribution in [3.05, 3.63) is 30.1 Å². The number of halogens is 1. The van der Waals surface area contributed by atoms with Crippen molar-refractivity contribution >= 4 is 10.2 Å². The second-order valence-electron chi connectivity index (χ2n) is 5.33. The Hall–Kier alpha value is -1.22. The molecule has 22 heavy (non-hydrogen) atoms. The molecule has 0 N–H and O–H groups in total. The van der Waals surface area contributed by atoms with E-state index in [1.54, 1.807) is 12.1 Å². The van der Waals surface area contributed by atoms with Crippen LogP contribution in [0.25, 0.3) is 0 Å². The predicted octanol–water partition coefficient (Wildman–Crippen LogP) is 0.628. The van der Waals surface area contributed by atoms with Gasteiger partial charge in [-0.15, -0.1) is 0 Å². The van der Waals surface area contributed by atoms with Crippen molar-refractivity contribution < 1.29 is 17.5 Å². The third-order valence-corrected chi connectivity index (χ3v) is 5.55. The predicted molar refractivity (Wildman–Crippen MR) is 82.5 cm³/mol. The van der Waals surface area contributed by atoms with Gasteiger partial charge in [-0.25, -0.2) is 4.39 Å². The highest BCUT2D eigenvalue weighted by molar-refractivity contribution is 7.86. The van der Waals surface area contributed by atoms with Crippen LogP contribution >= 0.6 is 0 Å². The first kappa shape index (κ1) is 17.1. The molecule has 0 spiro atoms. The second-order valence-corrected chi connectivity index (χ2v) is 7.48. The second kappa shape index (κ2) is 7.36. The fourth-order valence-electron chi connectivity index (χ4n) is 2.24. The molecule has 6 nitrogen and oxygen atoms in total. The molecule has 1 aliphatic heterocycles. The summed E-state index contributed by atoms with van der Waals surface area (Å²) in [6, 6.07) is 5.91. The fourth-order valence-corrected chi connectivity index (χ4v) is 3.32. The van der Waals surface area contributed by atoms with Crippen molar-refractivity contribution in [2.45, 2.75) is 0 Å². The highest BCUT2D eigenvalue weighted by atomic mass is 32.2. The first-order valence-electron chi connectivity index (χ1n) is 7.18. The van der Waals surface area contributed by atoms with Crippen LogP contribution in [0.1, 0.15) is 0 Å². The SMILES string of the molecule is CN(C)S(=O)(=O)N1CCN(CCOc2ccc(F)cc2)CC1. The summed E-state index contributed by atoms with van der Waals surface area (Å²) in [7, 11) is -0.238. The van der Waals surface area contributed by atoms with Gasteiger partial charge < -0.3 is 4.74 Å². The van der Waals surface area contributed by atoms with Gasteiger partial charge in [0, 0.05) is 46.8 Å². The average Bonchev–Trinajstić information content (AvgIpc) is 2.49. The van der Waals surface area contributed by atoms with Crippen molar-refractivity contribution in [1.82, 2.24) is 13.5 Å². The third kappa shape index (κ3) is 4.39. The quantitative estimate of drug-likeness (QED) is 0.767. The Morgan fingerprint density at radius 1 is 1.14 bits per heavy atom. The molecule has 2 rings (SSSR count). The number of hydrogen-bond acceptors (Lipinski definition) is 4. The van der Waals surface area contributed by atoms with Crippen molar-refractivity contribution in [3.8, 4) is 5.75 Å². The molecule has 1 fully saturated rings. The zero-order valence-corrected chi connectivity index (χ0v) is 13.7. The molecule has 0 aromatic heterocycles. The van der Waals surface area contributed by atoms with Crippen LogP contribution in [0, 0.1) is 5.82 Å². The van der Waals surface area contributed by atoms with Gasteiger partial charge in [-0.2, -0.15) is 17.0 Å². The normalized spacial score (nSPS) is 17.8. The van der Waals surface area contributed by atoms with Crippen LogP contribution in [0.15, 0.2) is 24.3 Å². The van der Waals surface area contributed by atoms with Crippen LogP contribution in [0.2, 0.25) is 0 Å². The van der Waals surface area contributed by atoms with Crippen LogP contribution in [-0.2, 0) is 10.2 Å². The number of rotatable bonds is 6. The molecule has 1 aromatic rings. The number of nitrogens with zero attached hydrogens (tertiary/aromatic N) is 3. The lowest BCUT2D eigenvalue weighted by atomic mass is 10.3. The zero-order valence-electron chi connectivity index (χ0n) is 12.9. The first-order valence-corrected chi connectivity index (χ1v) is 8.57. The Morgan fingerprint density at radius 3 is 2.27 bits per heavy atom. The molecule has 0 radical (unpaired) electrons. The Kier molecular flexibility index (Phi) is 5.74. The Balaban J connectivity index is 1.73. The summed E-state index contributed by atoms with van der Waals surface area (Å²) in [5.41, 5.74) is 0. The van der Waals surface area contributed by atoms with Crippen molar-refractivity contribution in [2.24, 2.45) is 0 Å². The molecule has 0 saturated carbocycles. The third-order valence-electron chi connectivity index (χ3n) is 3.61. The Bertz CT molecular complexity index is 570. The smallest absolute Gasteiger partial charge is 0.281 e. The number of piperazine rings is 1. The van der Waals surface area contributed by atoms with Crippen LogP contribution in [0.3, 0.4) is 0 Å². The van der Waals surface area contributed by atoms with Crippen LogP contribution < -0.4 is 4.74 Å². The zero-order chi connectivity index (χ0) is 16.2. The topological polar surface area (TPSA) is 53.1 Å². The van der Waals surface area contributed by atoms with E-state index >= 15 is 0 Å². The van der Waals surface area contributed by atoms with Gasteiger partial charge in [0.1, 0.15) is 18.2 Å². The van der Waals surface area contributed by atoms with Gasteiger partial charge in [-0.1, -0.05) is 0 Å². The van der Waals surface area contributed by atoms with E-state index in [-0.39, 0.29) is 5.82 Å². The van der Waals surface area contributed by atoms with Crippen molar-refractivity contribution in [2.75, 3.05) is 53.4 Å². The average molecular weight is 331 g/mol. The summed E-state index contributed by atoms with van der Waals surface area (Å²) < 4.78 is 45.0.